The van der Waals surface area contributed by atoms with E-state index in [0.717, 1.165) is 58.3 Å². The Morgan fingerprint density at radius 3 is 2.88 bits per heavy atom. The molecule has 0 atom stereocenters. The number of benzene rings is 1. The van der Waals surface area contributed by atoms with Crippen molar-refractivity contribution in [2.75, 3.05) is 26.3 Å². The summed E-state index contributed by atoms with van der Waals surface area (Å²) in [4.78, 5) is 29.3. The molecule has 5 heterocycles. The molecule has 0 aliphatic carbocycles. The van der Waals surface area contributed by atoms with Crippen LogP contribution in [0, 0.1) is 0 Å². The SMILES string of the molecule is O=c1cc[nH]c2cc(Oc3nc(CN4CCOCC4)nc4scc(-c5cccs5)c34)ccc12. The lowest BCUT2D eigenvalue weighted by Gasteiger charge is -2.25. The Kier molecular flexibility index (Phi) is 5.39. The third-order valence-electron chi connectivity index (χ3n) is 5.65. The topological polar surface area (TPSA) is 80.3 Å². The van der Waals surface area contributed by atoms with E-state index in [4.69, 9.17) is 19.4 Å². The number of aromatic amines is 1. The molecular weight excluding hydrogens is 456 g/mol. The number of aromatic nitrogens is 3. The predicted molar refractivity (Wildman–Crippen MR) is 131 cm³/mol. The molecule has 1 saturated heterocycles. The van der Waals surface area contributed by atoms with Crippen molar-refractivity contribution in [3.05, 3.63) is 69.4 Å². The number of fused-ring (bicyclic) bond motifs is 2. The number of morpholine rings is 1. The second-order valence-electron chi connectivity index (χ2n) is 7.79. The number of pyridine rings is 1. The molecule has 0 unspecified atom stereocenters. The van der Waals surface area contributed by atoms with Crippen molar-refractivity contribution in [1.82, 2.24) is 19.9 Å². The average molecular weight is 477 g/mol. The van der Waals surface area contributed by atoms with E-state index in [1.54, 1.807) is 34.9 Å². The van der Waals surface area contributed by atoms with Crippen LogP contribution in [0.5, 0.6) is 11.6 Å². The maximum atomic E-state index is 12.1. The van der Waals surface area contributed by atoms with Gasteiger partial charge in [-0.3, -0.25) is 9.69 Å². The molecule has 33 heavy (non-hydrogen) atoms. The molecule has 4 aromatic heterocycles. The maximum absolute atomic E-state index is 12.1. The Morgan fingerprint density at radius 2 is 2.03 bits per heavy atom. The summed E-state index contributed by atoms with van der Waals surface area (Å²) in [7, 11) is 0. The van der Waals surface area contributed by atoms with Gasteiger partial charge in [0, 0.05) is 52.6 Å². The number of thiophene rings is 2. The fourth-order valence-corrected chi connectivity index (χ4v) is 5.77. The molecule has 0 bridgehead atoms. The van der Waals surface area contributed by atoms with Gasteiger partial charge in [0.15, 0.2) is 5.43 Å². The zero-order valence-electron chi connectivity index (χ0n) is 17.6. The lowest BCUT2D eigenvalue weighted by molar-refractivity contribution is 0.0330. The monoisotopic (exact) mass is 476 g/mol. The van der Waals surface area contributed by atoms with Crippen LogP contribution in [-0.2, 0) is 11.3 Å². The number of H-pyrrole nitrogens is 1. The van der Waals surface area contributed by atoms with Gasteiger partial charge in [-0.15, -0.1) is 22.7 Å². The Morgan fingerprint density at radius 1 is 1.12 bits per heavy atom. The van der Waals surface area contributed by atoms with Crippen LogP contribution in [0.15, 0.2) is 58.1 Å². The summed E-state index contributed by atoms with van der Waals surface area (Å²) in [5, 5.41) is 5.72. The average Bonchev–Trinajstić information content (AvgIpc) is 3.50. The minimum absolute atomic E-state index is 0.0228. The van der Waals surface area contributed by atoms with Crippen molar-refractivity contribution in [3.8, 4) is 22.1 Å². The van der Waals surface area contributed by atoms with E-state index < -0.39 is 0 Å². The van der Waals surface area contributed by atoms with Crippen molar-refractivity contribution >= 4 is 43.8 Å². The molecule has 0 saturated carbocycles. The van der Waals surface area contributed by atoms with Crippen LogP contribution in [-0.4, -0.2) is 46.2 Å². The third-order valence-corrected chi connectivity index (χ3v) is 7.42. The highest BCUT2D eigenvalue weighted by atomic mass is 32.1. The van der Waals surface area contributed by atoms with Gasteiger partial charge in [0.05, 0.1) is 30.7 Å². The maximum Gasteiger partial charge on any atom is 0.232 e. The molecule has 6 rings (SSSR count). The zero-order valence-corrected chi connectivity index (χ0v) is 19.2. The molecule has 0 amide bonds. The van der Waals surface area contributed by atoms with Crippen molar-refractivity contribution < 1.29 is 9.47 Å². The highest BCUT2D eigenvalue weighted by Gasteiger charge is 2.20. The number of rotatable bonds is 5. The van der Waals surface area contributed by atoms with E-state index in [1.165, 1.54) is 6.07 Å². The van der Waals surface area contributed by atoms with Gasteiger partial charge in [0.2, 0.25) is 5.88 Å². The van der Waals surface area contributed by atoms with E-state index in [9.17, 15) is 4.79 Å². The number of nitrogens with zero attached hydrogens (tertiary/aromatic N) is 3. The smallest absolute Gasteiger partial charge is 0.232 e. The van der Waals surface area contributed by atoms with Gasteiger partial charge in [0.25, 0.3) is 0 Å². The first kappa shape index (κ1) is 20.5. The summed E-state index contributed by atoms with van der Waals surface area (Å²) in [6.45, 7) is 3.82. The minimum atomic E-state index is -0.0228. The molecule has 0 spiro atoms. The van der Waals surface area contributed by atoms with Crippen LogP contribution in [0.2, 0.25) is 0 Å². The van der Waals surface area contributed by atoms with Gasteiger partial charge in [-0.2, -0.15) is 4.98 Å². The summed E-state index contributed by atoms with van der Waals surface area (Å²) < 4.78 is 11.8. The molecule has 1 aliphatic rings. The lowest BCUT2D eigenvalue weighted by atomic mass is 10.2. The van der Waals surface area contributed by atoms with E-state index in [-0.39, 0.29) is 5.43 Å². The van der Waals surface area contributed by atoms with E-state index in [2.05, 4.69) is 26.7 Å². The van der Waals surface area contributed by atoms with Crippen molar-refractivity contribution in [3.63, 3.8) is 0 Å². The summed E-state index contributed by atoms with van der Waals surface area (Å²) in [5.74, 6) is 1.88. The van der Waals surface area contributed by atoms with Gasteiger partial charge in [-0.25, -0.2) is 4.98 Å². The van der Waals surface area contributed by atoms with Crippen LogP contribution >= 0.6 is 22.7 Å². The van der Waals surface area contributed by atoms with Crippen molar-refractivity contribution in [2.45, 2.75) is 6.54 Å². The molecule has 9 heteroatoms. The standard InChI is InChI=1S/C24H20N4O3S2/c29-19-5-6-25-18-12-15(3-4-16(18)19)31-23-22-17(20-2-1-11-32-20)14-33-24(22)27-21(26-23)13-28-7-9-30-10-8-28/h1-6,11-12,14H,7-10,13H2,(H,25,29). The van der Waals surface area contributed by atoms with E-state index in [0.29, 0.717) is 23.6 Å². The molecule has 1 fully saturated rings. The summed E-state index contributed by atoms with van der Waals surface area (Å²) in [5.41, 5.74) is 1.78. The van der Waals surface area contributed by atoms with Crippen molar-refractivity contribution in [2.24, 2.45) is 0 Å². The first-order valence-electron chi connectivity index (χ1n) is 10.7. The number of hydrogen-bond acceptors (Lipinski definition) is 8. The Bertz CT molecular complexity index is 1490. The number of ether oxygens (including phenoxy) is 2. The molecule has 1 N–H and O–H groups in total. The van der Waals surface area contributed by atoms with Crippen molar-refractivity contribution in [1.29, 1.82) is 0 Å². The largest absolute Gasteiger partial charge is 0.438 e. The van der Waals surface area contributed by atoms with Gasteiger partial charge in [-0.1, -0.05) is 6.07 Å². The minimum Gasteiger partial charge on any atom is -0.438 e. The first-order valence-corrected chi connectivity index (χ1v) is 12.4. The van der Waals surface area contributed by atoms with E-state index >= 15 is 0 Å². The van der Waals surface area contributed by atoms with Crippen LogP contribution in [0.3, 0.4) is 0 Å². The molecule has 1 aliphatic heterocycles. The fourth-order valence-electron chi connectivity index (χ4n) is 4.00. The summed E-state index contributed by atoms with van der Waals surface area (Å²) in [6, 6.07) is 11.1. The zero-order chi connectivity index (χ0) is 22.2. The number of nitrogens with one attached hydrogen (secondary N) is 1. The van der Waals surface area contributed by atoms with Crippen LogP contribution in [0.25, 0.3) is 31.6 Å². The quantitative estimate of drug-likeness (QED) is 0.389. The third kappa shape index (κ3) is 4.04. The van der Waals surface area contributed by atoms with Gasteiger partial charge < -0.3 is 14.5 Å². The highest BCUT2D eigenvalue weighted by Crippen LogP contribution is 2.41. The van der Waals surface area contributed by atoms with E-state index in [1.807, 2.05) is 18.2 Å². The van der Waals surface area contributed by atoms with Crippen LogP contribution in [0.4, 0.5) is 0 Å². The molecular formula is C24H20N4O3S2. The summed E-state index contributed by atoms with van der Waals surface area (Å²) in [6.07, 6.45) is 1.64. The second-order valence-corrected chi connectivity index (χ2v) is 9.60. The normalized spacial score (nSPS) is 14.8. The first-order chi connectivity index (χ1) is 16.2. The van der Waals surface area contributed by atoms with Crippen LogP contribution in [0.1, 0.15) is 5.82 Å². The molecule has 0 radical (unpaired) electrons. The number of hydrogen-bond donors (Lipinski definition) is 1. The summed E-state index contributed by atoms with van der Waals surface area (Å²) >= 11 is 3.28. The van der Waals surface area contributed by atoms with Crippen LogP contribution < -0.4 is 10.2 Å². The molecule has 1 aromatic carbocycles. The fraction of sp³-hybridized carbons (Fsp3) is 0.208. The second kappa shape index (κ2) is 8.68. The predicted octanol–water partition coefficient (Wildman–Crippen LogP) is 4.89. The Hall–Kier alpha value is -3.11. The van der Waals surface area contributed by atoms with Gasteiger partial charge >= 0.3 is 0 Å². The van der Waals surface area contributed by atoms with Gasteiger partial charge in [-0.05, 0) is 23.6 Å². The highest BCUT2D eigenvalue weighted by molar-refractivity contribution is 7.18. The lowest BCUT2D eigenvalue weighted by Crippen LogP contribution is -2.36. The van der Waals surface area contributed by atoms with Gasteiger partial charge in [0.1, 0.15) is 16.4 Å². The Balaban J connectivity index is 1.44. The Labute approximate surface area is 197 Å². The molecule has 166 valence electrons. The molecule has 5 aromatic rings. The molecule has 7 nitrogen and oxygen atoms in total.